The summed E-state index contributed by atoms with van der Waals surface area (Å²) >= 11 is 0. The Labute approximate surface area is 104 Å². The van der Waals surface area contributed by atoms with Gasteiger partial charge >= 0.3 is 17.9 Å². The predicted octanol–water partition coefficient (Wildman–Crippen LogP) is 0.399. The smallest absolute Gasteiger partial charge is 0.336 e. The lowest BCUT2D eigenvalue weighted by molar-refractivity contribution is -0.173. The van der Waals surface area contributed by atoms with E-state index < -0.39 is 36.4 Å². The molecule has 0 spiro atoms. The van der Waals surface area contributed by atoms with Gasteiger partial charge in [0.15, 0.2) is 5.60 Å². The third kappa shape index (κ3) is 5.13. The molecule has 18 heavy (non-hydrogen) atoms. The first-order chi connectivity index (χ1) is 8.25. The van der Waals surface area contributed by atoms with Crippen molar-refractivity contribution in [2.45, 2.75) is 51.2 Å². The second-order valence-corrected chi connectivity index (χ2v) is 4.01. The Morgan fingerprint density at radius 3 is 1.94 bits per heavy atom. The van der Waals surface area contributed by atoms with Crippen LogP contribution in [0.4, 0.5) is 0 Å². The molecule has 0 aliphatic rings. The van der Waals surface area contributed by atoms with Gasteiger partial charge < -0.3 is 20.1 Å². The van der Waals surface area contributed by atoms with Crippen LogP contribution < -0.4 is 0 Å². The molecule has 0 saturated heterocycles. The van der Waals surface area contributed by atoms with Gasteiger partial charge in [0, 0.05) is 0 Å². The zero-order chi connectivity index (χ0) is 14.3. The molecule has 0 amide bonds. The number of aliphatic hydroxyl groups is 1. The van der Waals surface area contributed by atoms with Crippen LogP contribution in [0.2, 0.25) is 0 Å². The lowest BCUT2D eigenvalue weighted by Gasteiger charge is -2.22. The highest BCUT2D eigenvalue weighted by Crippen LogP contribution is 2.18. The zero-order valence-electron chi connectivity index (χ0n) is 10.4. The minimum Gasteiger partial charge on any atom is -0.481 e. The van der Waals surface area contributed by atoms with Crippen LogP contribution in [0.3, 0.4) is 0 Å². The van der Waals surface area contributed by atoms with E-state index in [4.69, 9.17) is 14.9 Å². The Kier molecular flexibility index (Phi) is 6.32. The summed E-state index contributed by atoms with van der Waals surface area (Å²) < 4.78 is 4.92. The Hall–Kier alpha value is -1.63. The van der Waals surface area contributed by atoms with E-state index in [-0.39, 0.29) is 6.10 Å². The molecule has 104 valence electrons. The summed E-state index contributed by atoms with van der Waals surface area (Å²) in [4.78, 5) is 32.7. The van der Waals surface area contributed by atoms with Gasteiger partial charge in [0.25, 0.3) is 0 Å². The van der Waals surface area contributed by atoms with Crippen LogP contribution in [0, 0.1) is 0 Å². The van der Waals surface area contributed by atoms with Gasteiger partial charge in [-0.05, 0) is 12.8 Å². The number of carbonyl (C=O) groups excluding carboxylic acids is 1. The van der Waals surface area contributed by atoms with Crippen molar-refractivity contribution in [2.24, 2.45) is 0 Å². The van der Waals surface area contributed by atoms with E-state index >= 15 is 0 Å². The van der Waals surface area contributed by atoms with Gasteiger partial charge in [-0.1, -0.05) is 13.8 Å². The van der Waals surface area contributed by atoms with Gasteiger partial charge in [-0.25, -0.2) is 4.79 Å². The molecule has 3 N–H and O–H groups in total. The predicted molar refractivity (Wildman–Crippen MR) is 59.9 cm³/mol. The summed E-state index contributed by atoms with van der Waals surface area (Å²) in [5.41, 5.74) is -2.63. The van der Waals surface area contributed by atoms with Gasteiger partial charge in [0.05, 0.1) is 12.8 Å². The molecule has 0 saturated carbocycles. The number of esters is 1. The fourth-order valence-corrected chi connectivity index (χ4v) is 1.39. The quantitative estimate of drug-likeness (QED) is 0.541. The second-order valence-electron chi connectivity index (χ2n) is 4.01. The summed E-state index contributed by atoms with van der Waals surface area (Å²) in [6.45, 7) is 3.59. The summed E-state index contributed by atoms with van der Waals surface area (Å²) in [5.74, 6) is -4.18. The number of rotatable bonds is 8. The van der Waals surface area contributed by atoms with Crippen molar-refractivity contribution >= 4 is 17.9 Å². The standard InChI is InChI=1S/C11H18O7/c1-3-7(4-2)18-9(14)6-11(17,10(15)16)5-8(12)13/h7,17H,3-6H2,1-2H3,(H,12,13)(H,15,16). The number of aliphatic carboxylic acids is 2. The summed E-state index contributed by atoms with van der Waals surface area (Å²) in [6, 6.07) is 0. The van der Waals surface area contributed by atoms with Crippen molar-refractivity contribution in [2.75, 3.05) is 0 Å². The molecule has 0 rings (SSSR count). The Morgan fingerprint density at radius 2 is 1.61 bits per heavy atom. The molecule has 7 heteroatoms. The van der Waals surface area contributed by atoms with Gasteiger partial charge in [-0.2, -0.15) is 0 Å². The SMILES string of the molecule is CCC(CC)OC(=O)CC(O)(CC(=O)O)C(=O)O. The normalized spacial score (nSPS) is 14.0. The first kappa shape index (κ1) is 16.4. The summed E-state index contributed by atoms with van der Waals surface area (Å²) in [6.07, 6.45) is -1.18. The van der Waals surface area contributed by atoms with Crippen molar-refractivity contribution < 1.29 is 34.4 Å². The first-order valence-electron chi connectivity index (χ1n) is 5.62. The number of hydrogen-bond donors (Lipinski definition) is 3. The maximum atomic E-state index is 11.4. The molecular formula is C11H18O7. The van der Waals surface area contributed by atoms with Crippen LogP contribution in [0.15, 0.2) is 0 Å². The average Bonchev–Trinajstić information content (AvgIpc) is 2.24. The van der Waals surface area contributed by atoms with Crippen LogP contribution in [-0.2, 0) is 19.1 Å². The second kappa shape index (κ2) is 6.95. The Bertz CT molecular complexity index is 321. The number of carboxylic acid groups (broad SMARTS) is 2. The third-order valence-electron chi connectivity index (χ3n) is 2.49. The molecule has 0 radical (unpaired) electrons. The Morgan fingerprint density at radius 1 is 1.11 bits per heavy atom. The molecule has 0 aromatic rings. The lowest BCUT2D eigenvalue weighted by atomic mass is 9.96. The molecule has 0 aliphatic heterocycles. The van der Waals surface area contributed by atoms with Crippen LogP contribution in [0.1, 0.15) is 39.5 Å². The number of ether oxygens (including phenoxy) is 1. The van der Waals surface area contributed by atoms with Gasteiger partial charge in [-0.3, -0.25) is 9.59 Å². The van der Waals surface area contributed by atoms with Crippen molar-refractivity contribution in [1.29, 1.82) is 0 Å². The molecule has 1 unspecified atom stereocenters. The molecular weight excluding hydrogens is 244 g/mol. The molecule has 7 nitrogen and oxygen atoms in total. The topological polar surface area (TPSA) is 121 Å². The number of carboxylic acids is 2. The highest BCUT2D eigenvalue weighted by Gasteiger charge is 2.41. The molecule has 0 aliphatic carbocycles. The highest BCUT2D eigenvalue weighted by atomic mass is 16.5. The molecule has 0 aromatic heterocycles. The molecule has 1 atom stereocenters. The highest BCUT2D eigenvalue weighted by molar-refractivity contribution is 5.88. The van der Waals surface area contributed by atoms with E-state index in [0.717, 1.165) is 0 Å². The molecule has 0 fully saturated rings. The lowest BCUT2D eigenvalue weighted by Crippen LogP contribution is -2.43. The summed E-state index contributed by atoms with van der Waals surface area (Å²) in [7, 11) is 0. The van der Waals surface area contributed by atoms with E-state index in [1.54, 1.807) is 13.8 Å². The number of carbonyl (C=O) groups is 3. The largest absolute Gasteiger partial charge is 0.481 e. The van der Waals surface area contributed by atoms with Crippen molar-refractivity contribution in [3.05, 3.63) is 0 Å². The number of hydrogen-bond acceptors (Lipinski definition) is 5. The van der Waals surface area contributed by atoms with E-state index in [1.807, 2.05) is 0 Å². The van der Waals surface area contributed by atoms with Crippen LogP contribution in [0.25, 0.3) is 0 Å². The van der Waals surface area contributed by atoms with Crippen LogP contribution in [0.5, 0.6) is 0 Å². The monoisotopic (exact) mass is 262 g/mol. The van der Waals surface area contributed by atoms with Gasteiger partial charge in [-0.15, -0.1) is 0 Å². The van der Waals surface area contributed by atoms with E-state index in [9.17, 15) is 19.5 Å². The maximum absolute atomic E-state index is 11.4. The van der Waals surface area contributed by atoms with Crippen LogP contribution in [-0.4, -0.2) is 44.9 Å². The minimum absolute atomic E-state index is 0.361. The van der Waals surface area contributed by atoms with Crippen LogP contribution >= 0.6 is 0 Å². The fourth-order valence-electron chi connectivity index (χ4n) is 1.39. The van der Waals surface area contributed by atoms with E-state index in [2.05, 4.69) is 0 Å². The van der Waals surface area contributed by atoms with Gasteiger partial charge in [0.1, 0.15) is 6.10 Å². The zero-order valence-corrected chi connectivity index (χ0v) is 10.4. The molecule has 0 aromatic carbocycles. The van der Waals surface area contributed by atoms with Crippen molar-refractivity contribution in [1.82, 2.24) is 0 Å². The maximum Gasteiger partial charge on any atom is 0.336 e. The van der Waals surface area contributed by atoms with Crippen molar-refractivity contribution in [3.8, 4) is 0 Å². The Balaban J connectivity index is 4.64. The molecule has 0 heterocycles. The van der Waals surface area contributed by atoms with Crippen molar-refractivity contribution in [3.63, 3.8) is 0 Å². The fraction of sp³-hybridized carbons (Fsp3) is 0.727. The minimum atomic E-state index is -2.63. The van der Waals surface area contributed by atoms with E-state index in [1.165, 1.54) is 0 Å². The molecule has 0 bridgehead atoms. The average molecular weight is 262 g/mol. The summed E-state index contributed by atoms with van der Waals surface area (Å²) in [5, 5.41) is 26.9. The third-order valence-corrected chi connectivity index (χ3v) is 2.49. The van der Waals surface area contributed by atoms with Gasteiger partial charge in [0.2, 0.25) is 0 Å². The first-order valence-corrected chi connectivity index (χ1v) is 5.62. The van der Waals surface area contributed by atoms with E-state index in [0.29, 0.717) is 12.8 Å².